The summed E-state index contributed by atoms with van der Waals surface area (Å²) in [7, 11) is 0. The number of hydrogen-bond donors (Lipinski definition) is 1. The lowest BCUT2D eigenvalue weighted by Gasteiger charge is -2.43. The Kier molecular flexibility index (Phi) is 5.62. The predicted molar refractivity (Wildman–Crippen MR) is 127 cm³/mol. The summed E-state index contributed by atoms with van der Waals surface area (Å²) >= 11 is 3.91. The molecule has 0 bridgehead atoms. The van der Waals surface area contributed by atoms with E-state index in [4.69, 9.17) is 4.74 Å². The van der Waals surface area contributed by atoms with Gasteiger partial charge in [0.15, 0.2) is 5.76 Å². The van der Waals surface area contributed by atoms with Crippen LogP contribution >= 0.6 is 15.9 Å². The van der Waals surface area contributed by atoms with E-state index in [1.54, 1.807) is 4.90 Å². The van der Waals surface area contributed by atoms with E-state index in [1.807, 2.05) is 78.9 Å². The minimum Gasteiger partial charge on any atom is -0.458 e. The van der Waals surface area contributed by atoms with Crippen molar-refractivity contribution < 1.29 is 14.6 Å². The van der Waals surface area contributed by atoms with Crippen LogP contribution in [0.25, 0.3) is 0 Å². The lowest BCUT2D eigenvalue weighted by molar-refractivity contribution is -0.141. The normalized spacial score (nSPS) is 24.9. The molecule has 162 valence electrons. The zero-order valence-electron chi connectivity index (χ0n) is 17.5. The van der Waals surface area contributed by atoms with Gasteiger partial charge in [0.1, 0.15) is 4.32 Å². The molecule has 5 rings (SSSR count). The summed E-state index contributed by atoms with van der Waals surface area (Å²) in [4.78, 5) is 15.0. The van der Waals surface area contributed by atoms with E-state index in [2.05, 4.69) is 28.1 Å². The van der Waals surface area contributed by atoms with E-state index in [0.29, 0.717) is 19.5 Å². The summed E-state index contributed by atoms with van der Waals surface area (Å²) in [5.41, 5.74) is 4.11. The molecule has 1 N–H and O–H groups in total. The molecule has 2 heterocycles. The van der Waals surface area contributed by atoms with Crippen LogP contribution in [0, 0.1) is 0 Å². The average Bonchev–Trinajstić information content (AvgIpc) is 3.11. The van der Waals surface area contributed by atoms with Crippen molar-refractivity contribution in [2.75, 3.05) is 6.54 Å². The molecule has 0 unspecified atom stereocenters. The first-order chi connectivity index (χ1) is 15.6. The number of alkyl halides is 1. The molecule has 3 atom stereocenters. The highest BCUT2D eigenvalue weighted by Gasteiger charge is 2.55. The van der Waals surface area contributed by atoms with Gasteiger partial charge in [0.25, 0.3) is 5.91 Å². The summed E-state index contributed by atoms with van der Waals surface area (Å²) in [6.07, 6.45) is -0.620. The maximum atomic E-state index is 13.3. The molecule has 0 spiro atoms. The molecule has 3 aromatic rings. The molecule has 0 aromatic heterocycles. The van der Waals surface area contributed by atoms with E-state index < -0.39 is 10.6 Å². The third kappa shape index (κ3) is 3.76. The highest BCUT2D eigenvalue weighted by Crippen LogP contribution is 2.52. The van der Waals surface area contributed by atoms with E-state index >= 15 is 0 Å². The van der Waals surface area contributed by atoms with Gasteiger partial charge in [0.2, 0.25) is 6.29 Å². The summed E-state index contributed by atoms with van der Waals surface area (Å²) in [6.45, 7) is 0.971. The molecule has 0 saturated heterocycles. The van der Waals surface area contributed by atoms with Crippen LogP contribution < -0.4 is 0 Å². The van der Waals surface area contributed by atoms with Crippen molar-refractivity contribution in [3.05, 3.63) is 119 Å². The van der Waals surface area contributed by atoms with Crippen LogP contribution in [0.1, 0.15) is 22.6 Å². The van der Waals surface area contributed by atoms with Gasteiger partial charge in [-0.2, -0.15) is 0 Å². The lowest BCUT2D eigenvalue weighted by atomic mass is 9.75. The highest BCUT2D eigenvalue weighted by atomic mass is 79.9. The van der Waals surface area contributed by atoms with Crippen molar-refractivity contribution in [1.82, 2.24) is 4.90 Å². The van der Waals surface area contributed by atoms with Gasteiger partial charge in [0.05, 0.1) is 0 Å². The van der Waals surface area contributed by atoms with Crippen LogP contribution in [0.15, 0.2) is 102 Å². The molecule has 32 heavy (non-hydrogen) atoms. The largest absolute Gasteiger partial charge is 0.458 e. The smallest absolute Gasteiger partial charge is 0.289 e. The SMILES string of the molecule is O=C1C2=C(CN1Cc1ccccc1)[C@@H](c1ccccc1)[C@](Br)(Cc1ccccc1)[C@H](O)O2. The molecule has 5 heteroatoms. The number of halogens is 1. The standard InChI is InChI=1S/C27H24BrNO3/c28-27(16-19-10-4-1-5-11-19)23(21-14-8-3-9-15-21)22-18-29(17-20-12-6-2-7-13-20)25(30)24(22)32-26(27)31/h1-15,23,26,31H,16-18H2/t23-,26-,27-/m1/s1. The number of benzene rings is 3. The fourth-order valence-corrected chi connectivity index (χ4v) is 5.73. The maximum absolute atomic E-state index is 13.3. The van der Waals surface area contributed by atoms with Gasteiger partial charge in [-0.1, -0.05) is 107 Å². The van der Waals surface area contributed by atoms with Crippen molar-refractivity contribution in [1.29, 1.82) is 0 Å². The number of aliphatic hydroxyl groups is 1. The van der Waals surface area contributed by atoms with Crippen LogP contribution in [0.4, 0.5) is 0 Å². The summed E-state index contributed by atoms with van der Waals surface area (Å²) < 4.78 is 5.12. The number of carbonyl (C=O) groups is 1. The minimum absolute atomic E-state index is 0.168. The van der Waals surface area contributed by atoms with Crippen molar-refractivity contribution in [2.45, 2.75) is 29.5 Å². The first-order valence-corrected chi connectivity index (χ1v) is 11.5. The number of rotatable bonds is 5. The molecule has 0 fully saturated rings. The Balaban J connectivity index is 1.54. The Hall–Kier alpha value is -2.89. The predicted octanol–water partition coefficient (Wildman–Crippen LogP) is 4.79. The monoisotopic (exact) mass is 489 g/mol. The summed E-state index contributed by atoms with van der Waals surface area (Å²) in [5.74, 6) is -0.101. The molecule has 2 aliphatic rings. The molecule has 0 radical (unpaired) electrons. The minimum atomic E-state index is -1.17. The van der Waals surface area contributed by atoms with Gasteiger partial charge < -0.3 is 14.7 Å². The second-order valence-electron chi connectivity index (χ2n) is 8.40. The quantitative estimate of drug-likeness (QED) is 0.524. The molecule has 3 aromatic carbocycles. The molecule has 0 aliphatic carbocycles. The number of nitrogens with zero attached hydrogens (tertiary/aromatic N) is 1. The van der Waals surface area contributed by atoms with Gasteiger partial charge in [-0.15, -0.1) is 0 Å². The van der Waals surface area contributed by atoms with Crippen LogP contribution in [0.2, 0.25) is 0 Å². The zero-order valence-corrected chi connectivity index (χ0v) is 19.1. The molecule has 1 amide bonds. The van der Waals surface area contributed by atoms with Crippen molar-refractivity contribution in [3.8, 4) is 0 Å². The Morgan fingerprint density at radius 3 is 2.09 bits per heavy atom. The zero-order chi connectivity index (χ0) is 22.1. The van der Waals surface area contributed by atoms with Gasteiger partial charge in [-0.25, -0.2) is 0 Å². The van der Waals surface area contributed by atoms with E-state index in [1.165, 1.54) is 0 Å². The first-order valence-electron chi connectivity index (χ1n) is 10.7. The van der Waals surface area contributed by atoms with Crippen LogP contribution in [0.3, 0.4) is 0 Å². The van der Waals surface area contributed by atoms with E-state index in [0.717, 1.165) is 22.3 Å². The Morgan fingerprint density at radius 1 is 0.906 bits per heavy atom. The lowest BCUT2D eigenvalue weighted by Crippen LogP contribution is -2.49. The maximum Gasteiger partial charge on any atom is 0.289 e. The Labute approximate surface area is 196 Å². The van der Waals surface area contributed by atoms with Gasteiger partial charge in [-0.3, -0.25) is 4.79 Å². The third-order valence-electron chi connectivity index (χ3n) is 6.27. The average molecular weight is 490 g/mol. The summed E-state index contributed by atoms with van der Waals surface area (Å²) in [6, 6.07) is 30.0. The van der Waals surface area contributed by atoms with Gasteiger partial charge in [-0.05, 0) is 23.1 Å². The third-order valence-corrected chi connectivity index (χ3v) is 7.40. The molecule has 0 saturated carbocycles. The number of amides is 1. The number of hydrogen-bond acceptors (Lipinski definition) is 3. The van der Waals surface area contributed by atoms with Crippen molar-refractivity contribution in [2.24, 2.45) is 0 Å². The molecule has 2 aliphatic heterocycles. The van der Waals surface area contributed by atoms with Crippen LogP contribution in [-0.2, 0) is 22.5 Å². The molecular weight excluding hydrogens is 466 g/mol. The number of carbonyl (C=O) groups excluding carboxylic acids is 1. The second-order valence-corrected chi connectivity index (χ2v) is 9.88. The topological polar surface area (TPSA) is 49.8 Å². The van der Waals surface area contributed by atoms with Crippen LogP contribution in [-0.4, -0.2) is 33.1 Å². The number of aliphatic hydroxyl groups excluding tert-OH is 1. The number of ether oxygens (including phenoxy) is 1. The molecule has 4 nitrogen and oxygen atoms in total. The first kappa shape index (κ1) is 21.0. The fourth-order valence-electron chi connectivity index (χ4n) is 4.77. The summed E-state index contributed by atoms with van der Waals surface area (Å²) in [5, 5.41) is 11.2. The van der Waals surface area contributed by atoms with Crippen molar-refractivity contribution in [3.63, 3.8) is 0 Å². The van der Waals surface area contributed by atoms with Crippen molar-refractivity contribution >= 4 is 21.8 Å². The Morgan fingerprint density at radius 2 is 1.47 bits per heavy atom. The van der Waals surface area contributed by atoms with E-state index in [-0.39, 0.29) is 17.6 Å². The Bertz CT molecular complexity index is 1130. The fraction of sp³-hybridized carbons (Fsp3) is 0.222. The highest BCUT2D eigenvalue weighted by molar-refractivity contribution is 9.10. The van der Waals surface area contributed by atoms with E-state index in [9.17, 15) is 9.90 Å². The van der Waals surface area contributed by atoms with Crippen LogP contribution in [0.5, 0.6) is 0 Å². The second kappa shape index (κ2) is 8.57. The van der Waals surface area contributed by atoms with Gasteiger partial charge in [0, 0.05) is 24.6 Å². The molecular formula is C27H24BrNO3. The van der Waals surface area contributed by atoms with Gasteiger partial charge >= 0.3 is 0 Å².